The lowest BCUT2D eigenvalue weighted by Gasteiger charge is -2.32. The topological polar surface area (TPSA) is 107 Å². The van der Waals surface area contributed by atoms with E-state index in [0.29, 0.717) is 45.9 Å². The fourth-order valence-corrected chi connectivity index (χ4v) is 5.00. The summed E-state index contributed by atoms with van der Waals surface area (Å²) >= 11 is 7.44. The van der Waals surface area contributed by atoms with Gasteiger partial charge in [0.05, 0.1) is 18.0 Å². The molecule has 3 heterocycles. The molecule has 1 aromatic carbocycles. The van der Waals surface area contributed by atoms with Crippen LogP contribution in [0.3, 0.4) is 0 Å². The maximum Gasteiger partial charge on any atom is 0.226 e. The summed E-state index contributed by atoms with van der Waals surface area (Å²) in [5.74, 6) is -0.165. The van der Waals surface area contributed by atoms with Gasteiger partial charge in [-0.05, 0) is 51.2 Å². The van der Waals surface area contributed by atoms with Crippen molar-refractivity contribution in [2.45, 2.75) is 30.0 Å². The molecule has 1 fully saturated rings. The normalized spacial score (nSPS) is 14.8. The number of hydrogen-bond acceptors (Lipinski definition) is 9. The van der Waals surface area contributed by atoms with Crippen LogP contribution >= 0.6 is 23.4 Å². The van der Waals surface area contributed by atoms with Gasteiger partial charge in [0.2, 0.25) is 5.91 Å². The fourth-order valence-electron chi connectivity index (χ4n) is 3.93. The van der Waals surface area contributed by atoms with E-state index in [2.05, 4.69) is 42.7 Å². The number of amides is 1. The smallest absolute Gasteiger partial charge is 0.226 e. The average molecular weight is 574 g/mol. The van der Waals surface area contributed by atoms with Crippen LogP contribution in [0, 0.1) is 5.82 Å². The first-order valence-electron chi connectivity index (χ1n) is 12.7. The number of rotatable bonds is 10. The van der Waals surface area contributed by atoms with E-state index in [-0.39, 0.29) is 18.1 Å². The van der Waals surface area contributed by atoms with Crippen molar-refractivity contribution in [1.29, 1.82) is 0 Å². The number of halogens is 2. The first kappa shape index (κ1) is 29.2. The number of nitrogens with zero attached hydrogens (tertiary/aromatic N) is 5. The Morgan fingerprint density at radius 3 is 2.67 bits per heavy atom. The quantitative estimate of drug-likeness (QED) is 0.302. The van der Waals surface area contributed by atoms with Gasteiger partial charge in [-0.25, -0.2) is 9.37 Å². The van der Waals surface area contributed by atoms with E-state index in [0.717, 1.165) is 26.2 Å². The summed E-state index contributed by atoms with van der Waals surface area (Å²) in [7, 11) is 2.10. The first-order valence-corrected chi connectivity index (χ1v) is 13.9. The Labute approximate surface area is 237 Å². The minimum atomic E-state index is -0.533. The highest BCUT2D eigenvalue weighted by molar-refractivity contribution is 8.00. The van der Waals surface area contributed by atoms with Gasteiger partial charge in [0.1, 0.15) is 16.7 Å². The molecule has 12 heteroatoms. The summed E-state index contributed by atoms with van der Waals surface area (Å²) in [4.78, 5) is 21.4. The summed E-state index contributed by atoms with van der Waals surface area (Å²) in [5.41, 5.74) is 1.73. The van der Waals surface area contributed by atoms with Crippen molar-refractivity contribution >= 4 is 46.5 Å². The van der Waals surface area contributed by atoms with Crippen LogP contribution in [0.1, 0.15) is 20.3 Å². The average Bonchev–Trinajstić information content (AvgIpc) is 2.91. The Bertz CT molecular complexity index is 1300. The second-order valence-electron chi connectivity index (χ2n) is 10.1. The van der Waals surface area contributed by atoms with Gasteiger partial charge in [-0.3, -0.25) is 4.79 Å². The Morgan fingerprint density at radius 1 is 1.15 bits per heavy atom. The number of aliphatic hydroxyl groups is 1. The van der Waals surface area contributed by atoms with Crippen molar-refractivity contribution < 1.29 is 14.3 Å². The highest BCUT2D eigenvalue weighted by Crippen LogP contribution is 2.38. The highest BCUT2D eigenvalue weighted by atomic mass is 35.5. The third-order valence-corrected chi connectivity index (χ3v) is 7.69. The van der Waals surface area contributed by atoms with Crippen molar-refractivity contribution in [3.8, 4) is 11.3 Å². The second kappa shape index (κ2) is 13.0. The number of carbonyl (C=O) groups excluding carboxylic acids is 1. The van der Waals surface area contributed by atoms with E-state index in [9.17, 15) is 14.3 Å². The molecule has 0 atom stereocenters. The minimum Gasteiger partial charge on any atom is -0.395 e. The molecule has 3 N–H and O–H groups in total. The molecule has 1 saturated heterocycles. The van der Waals surface area contributed by atoms with Crippen LogP contribution in [0.2, 0.25) is 5.02 Å². The number of likely N-dealkylation sites (N-methyl/N-ethyl adjacent to an activating group) is 1. The zero-order valence-corrected chi connectivity index (χ0v) is 23.8. The monoisotopic (exact) mass is 573 g/mol. The van der Waals surface area contributed by atoms with Gasteiger partial charge in [-0.1, -0.05) is 23.4 Å². The lowest BCUT2D eigenvalue weighted by Crippen LogP contribution is -2.45. The first-order chi connectivity index (χ1) is 18.6. The van der Waals surface area contributed by atoms with Crippen molar-refractivity contribution in [2.24, 2.45) is 0 Å². The molecule has 0 radical (unpaired) electrons. The van der Waals surface area contributed by atoms with Gasteiger partial charge in [0.15, 0.2) is 0 Å². The molecule has 1 aliphatic rings. The zero-order chi connectivity index (χ0) is 28.0. The van der Waals surface area contributed by atoms with Crippen molar-refractivity contribution in [3.63, 3.8) is 0 Å². The lowest BCUT2D eigenvalue weighted by molar-refractivity contribution is -0.116. The Balaban J connectivity index is 1.51. The highest BCUT2D eigenvalue weighted by Gasteiger charge is 2.23. The number of anilines is 3. The van der Waals surface area contributed by atoms with Crippen LogP contribution < -0.4 is 10.6 Å². The molecule has 2 aromatic heterocycles. The molecule has 0 bridgehead atoms. The van der Waals surface area contributed by atoms with Gasteiger partial charge < -0.3 is 25.5 Å². The Kier molecular flexibility index (Phi) is 9.73. The molecule has 208 valence electrons. The lowest BCUT2D eigenvalue weighted by atomic mass is 10.1. The van der Waals surface area contributed by atoms with Crippen LogP contribution in [0.25, 0.3) is 11.3 Å². The molecule has 1 aliphatic heterocycles. The molecular formula is C27H33ClFN7O2S. The van der Waals surface area contributed by atoms with Crippen molar-refractivity contribution in [2.75, 3.05) is 57.0 Å². The second-order valence-corrected chi connectivity index (χ2v) is 12.2. The van der Waals surface area contributed by atoms with E-state index in [1.807, 2.05) is 13.8 Å². The van der Waals surface area contributed by atoms with Crippen molar-refractivity contribution in [3.05, 3.63) is 53.4 Å². The van der Waals surface area contributed by atoms with E-state index in [1.54, 1.807) is 24.4 Å². The number of aliphatic hydroxyl groups excluding tert-OH is 1. The SMILES string of the molecule is CN1CCN(CCC(=O)Nc2cc(Nc3cc(-c4cc(Cl)ccc4F)nnc3SC(C)(C)CO)ccn2)CC1. The van der Waals surface area contributed by atoms with E-state index in [4.69, 9.17) is 11.6 Å². The largest absolute Gasteiger partial charge is 0.395 e. The zero-order valence-electron chi connectivity index (χ0n) is 22.2. The third kappa shape index (κ3) is 8.33. The number of hydrogen-bond donors (Lipinski definition) is 3. The number of pyridine rings is 1. The van der Waals surface area contributed by atoms with Gasteiger partial charge >= 0.3 is 0 Å². The maximum atomic E-state index is 14.6. The molecule has 0 aliphatic carbocycles. The number of aromatic nitrogens is 3. The predicted molar refractivity (Wildman–Crippen MR) is 154 cm³/mol. The van der Waals surface area contributed by atoms with Crippen LogP contribution in [0.15, 0.2) is 47.6 Å². The predicted octanol–water partition coefficient (Wildman–Crippen LogP) is 4.51. The van der Waals surface area contributed by atoms with E-state index < -0.39 is 10.6 Å². The van der Waals surface area contributed by atoms with Crippen LogP contribution in [-0.4, -0.2) is 87.1 Å². The number of benzene rings is 1. The number of piperazine rings is 1. The summed E-state index contributed by atoms with van der Waals surface area (Å²) in [5, 5.41) is 25.4. The van der Waals surface area contributed by atoms with Crippen LogP contribution in [0.4, 0.5) is 21.6 Å². The fraction of sp³-hybridized carbons (Fsp3) is 0.407. The summed E-state index contributed by atoms with van der Waals surface area (Å²) in [6.07, 6.45) is 1.97. The van der Waals surface area contributed by atoms with Crippen LogP contribution in [-0.2, 0) is 4.79 Å². The molecule has 9 nitrogen and oxygen atoms in total. The molecule has 4 rings (SSSR count). The molecule has 0 saturated carbocycles. The summed E-state index contributed by atoms with van der Waals surface area (Å²) in [6.45, 7) is 8.30. The standard InChI is InChI=1S/C27H33ClFN7O2S/c1-27(2,17-37)39-26-23(16-22(33-34-26)20-14-18(28)4-5-21(20)29)31-19-6-8-30-24(15-19)32-25(38)7-9-36-12-10-35(3)11-13-36/h4-6,8,14-16,37H,7,9-13,17H2,1-3H3,(H2,30,31,32,33,38). The van der Waals surface area contributed by atoms with Crippen LogP contribution in [0.5, 0.6) is 0 Å². The molecule has 1 amide bonds. The molecule has 0 spiro atoms. The van der Waals surface area contributed by atoms with Gasteiger partial charge in [0, 0.05) is 72.4 Å². The molecule has 3 aromatic rings. The molecule has 39 heavy (non-hydrogen) atoms. The third-order valence-electron chi connectivity index (χ3n) is 6.28. The van der Waals surface area contributed by atoms with Gasteiger partial charge in [0.25, 0.3) is 0 Å². The number of nitrogens with one attached hydrogen (secondary N) is 2. The Hall–Kier alpha value is -2.83. The minimum absolute atomic E-state index is 0.0803. The maximum absolute atomic E-state index is 14.6. The Morgan fingerprint density at radius 2 is 1.92 bits per heavy atom. The summed E-state index contributed by atoms with van der Waals surface area (Å²) < 4.78 is 14.0. The summed E-state index contributed by atoms with van der Waals surface area (Å²) in [6, 6.07) is 9.42. The number of carbonyl (C=O) groups is 1. The van der Waals surface area contributed by atoms with E-state index >= 15 is 0 Å². The van der Waals surface area contributed by atoms with Crippen molar-refractivity contribution in [1.82, 2.24) is 25.0 Å². The number of thioether (sulfide) groups is 1. The van der Waals surface area contributed by atoms with Gasteiger partial charge in [-0.2, -0.15) is 0 Å². The molecule has 0 unspecified atom stereocenters. The molecular weight excluding hydrogens is 541 g/mol. The van der Waals surface area contributed by atoms with Gasteiger partial charge in [-0.15, -0.1) is 10.2 Å². The van der Waals surface area contributed by atoms with E-state index in [1.165, 1.54) is 30.0 Å².